The molecule has 1 rings (SSSR count). The van der Waals surface area contributed by atoms with Crippen molar-refractivity contribution >= 4 is 11.3 Å². The minimum atomic E-state index is 0.259. The molecule has 1 atom stereocenters. The topological polar surface area (TPSA) is 47.7 Å². The standard InChI is InChI=1S/C15H28N2O2S/c1-4-18-10-8-17(9-11-19-5-2)14(12-16)15-7-6-13(3)20-15/h6-7,14H,4-5,8-12,16H2,1-3H3. The summed E-state index contributed by atoms with van der Waals surface area (Å²) >= 11 is 1.82. The molecule has 1 aromatic heterocycles. The average Bonchev–Trinajstić information content (AvgIpc) is 2.86. The fourth-order valence-corrected chi connectivity index (χ4v) is 3.18. The normalized spacial score (nSPS) is 13.1. The summed E-state index contributed by atoms with van der Waals surface area (Å²) in [7, 11) is 0. The molecule has 0 aromatic carbocycles. The Hall–Kier alpha value is -0.460. The summed E-state index contributed by atoms with van der Waals surface area (Å²) in [5, 5.41) is 0. The summed E-state index contributed by atoms with van der Waals surface area (Å²) in [6, 6.07) is 4.60. The van der Waals surface area contributed by atoms with Crippen LogP contribution in [0.1, 0.15) is 29.6 Å². The number of hydrogen-bond donors (Lipinski definition) is 1. The zero-order valence-corrected chi connectivity index (χ0v) is 13.7. The molecule has 0 spiro atoms. The number of ether oxygens (including phenoxy) is 2. The van der Waals surface area contributed by atoms with E-state index in [4.69, 9.17) is 15.2 Å². The van der Waals surface area contributed by atoms with Crippen LogP contribution in [0, 0.1) is 6.92 Å². The third-order valence-electron chi connectivity index (χ3n) is 3.21. The van der Waals surface area contributed by atoms with Crippen LogP contribution >= 0.6 is 11.3 Å². The van der Waals surface area contributed by atoms with Crippen molar-refractivity contribution in [1.82, 2.24) is 4.90 Å². The summed E-state index contributed by atoms with van der Waals surface area (Å²) in [5.74, 6) is 0. The Morgan fingerprint density at radius 3 is 2.15 bits per heavy atom. The molecular weight excluding hydrogens is 272 g/mol. The Balaban J connectivity index is 2.65. The van der Waals surface area contributed by atoms with E-state index in [-0.39, 0.29) is 6.04 Å². The lowest BCUT2D eigenvalue weighted by atomic mass is 10.2. The molecule has 0 aliphatic carbocycles. The van der Waals surface area contributed by atoms with Gasteiger partial charge in [-0.15, -0.1) is 11.3 Å². The SMILES string of the molecule is CCOCCN(CCOCC)C(CN)c1ccc(C)s1. The predicted octanol–water partition coefficient (Wildman–Crippen LogP) is 2.43. The number of hydrogen-bond acceptors (Lipinski definition) is 5. The van der Waals surface area contributed by atoms with Crippen LogP contribution in [-0.2, 0) is 9.47 Å². The zero-order valence-electron chi connectivity index (χ0n) is 12.9. The van der Waals surface area contributed by atoms with Crippen molar-refractivity contribution < 1.29 is 9.47 Å². The molecule has 0 radical (unpaired) electrons. The van der Waals surface area contributed by atoms with Crippen LogP contribution in [0.5, 0.6) is 0 Å². The smallest absolute Gasteiger partial charge is 0.0593 e. The Morgan fingerprint density at radius 1 is 1.15 bits per heavy atom. The van der Waals surface area contributed by atoms with E-state index in [0.29, 0.717) is 6.54 Å². The summed E-state index contributed by atoms with van der Waals surface area (Å²) in [5.41, 5.74) is 6.01. The molecule has 0 saturated heterocycles. The van der Waals surface area contributed by atoms with Crippen molar-refractivity contribution in [2.75, 3.05) is 46.1 Å². The van der Waals surface area contributed by atoms with Gasteiger partial charge in [-0.3, -0.25) is 4.90 Å². The Bertz CT molecular complexity index is 347. The molecule has 0 fully saturated rings. The van der Waals surface area contributed by atoms with Gasteiger partial charge in [-0.25, -0.2) is 0 Å². The molecule has 20 heavy (non-hydrogen) atoms. The molecule has 1 unspecified atom stereocenters. The van der Waals surface area contributed by atoms with Crippen molar-refractivity contribution in [3.05, 3.63) is 21.9 Å². The number of aryl methyl sites for hydroxylation is 1. The fraction of sp³-hybridized carbons (Fsp3) is 0.733. The van der Waals surface area contributed by atoms with Gasteiger partial charge in [0.25, 0.3) is 0 Å². The second-order valence-electron chi connectivity index (χ2n) is 4.63. The van der Waals surface area contributed by atoms with Crippen LogP contribution in [0.2, 0.25) is 0 Å². The number of thiophene rings is 1. The monoisotopic (exact) mass is 300 g/mol. The summed E-state index contributed by atoms with van der Waals surface area (Å²) in [6.45, 7) is 11.6. The minimum absolute atomic E-state index is 0.259. The molecular formula is C15H28N2O2S. The summed E-state index contributed by atoms with van der Waals surface area (Å²) in [4.78, 5) is 5.03. The van der Waals surface area contributed by atoms with Gasteiger partial charge in [0.05, 0.1) is 19.3 Å². The molecule has 116 valence electrons. The molecule has 1 aromatic rings. The van der Waals surface area contributed by atoms with E-state index >= 15 is 0 Å². The van der Waals surface area contributed by atoms with Gasteiger partial charge in [-0.1, -0.05) is 0 Å². The van der Waals surface area contributed by atoms with Crippen molar-refractivity contribution in [1.29, 1.82) is 0 Å². The second-order valence-corrected chi connectivity index (χ2v) is 5.95. The average molecular weight is 300 g/mol. The van der Waals surface area contributed by atoms with Crippen LogP contribution < -0.4 is 5.73 Å². The maximum atomic E-state index is 6.01. The van der Waals surface area contributed by atoms with E-state index in [2.05, 4.69) is 24.0 Å². The largest absolute Gasteiger partial charge is 0.380 e. The van der Waals surface area contributed by atoms with E-state index < -0.39 is 0 Å². The summed E-state index contributed by atoms with van der Waals surface area (Å²) in [6.07, 6.45) is 0. The Kier molecular flexibility index (Phi) is 9.05. The maximum absolute atomic E-state index is 6.01. The predicted molar refractivity (Wildman–Crippen MR) is 85.4 cm³/mol. The zero-order chi connectivity index (χ0) is 14.8. The lowest BCUT2D eigenvalue weighted by Crippen LogP contribution is -2.38. The number of nitrogens with two attached hydrogens (primary N) is 1. The molecule has 0 saturated carbocycles. The van der Waals surface area contributed by atoms with Crippen molar-refractivity contribution in [2.45, 2.75) is 26.8 Å². The quantitative estimate of drug-likeness (QED) is 0.638. The molecule has 4 nitrogen and oxygen atoms in total. The van der Waals surface area contributed by atoms with Gasteiger partial charge in [-0.2, -0.15) is 0 Å². The molecule has 0 aliphatic heterocycles. The Morgan fingerprint density at radius 2 is 1.75 bits per heavy atom. The molecule has 0 aliphatic rings. The minimum Gasteiger partial charge on any atom is -0.380 e. The third kappa shape index (κ3) is 5.89. The lowest BCUT2D eigenvalue weighted by Gasteiger charge is -2.30. The first-order valence-electron chi connectivity index (χ1n) is 7.38. The van der Waals surface area contributed by atoms with Gasteiger partial charge in [0.1, 0.15) is 0 Å². The molecule has 0 bridgehead atoms. The molecule has 5 heteroatoms. The highest BCUT2D eigenvalue weighted by molar-refractivity contribution is 7.12. The highest BCUT2D eigenvalue weighted by Gasteiger charge is 2.20. The van der Waals surface area contributed by atoms with E-state index in [9.17, 15) is 0 Å². The Labute approximate surface area is 126 Å². The molecule has 1 heterocycles. The first-order valence-corrected chi connectivity index (χ1v) is 8.20. The van der Waals surface area contributed by atoms with Gasteiger partial charge in [0.15, 0.2) is 0 Å². The second kappa shape index (κ2) is 10.3. The highest BCUT2D eigenvalue weighted by atomic mass is 32.1. The van der Waals surface area contributed by atoms with E-state index in [1.165, 1.54) is 9.75 Å². The van der Waals surface area contributed by atoms with Crippen LogP contribution in [0.3, 0.4) is 0 Å². The first kappa shape index (κ1) is 17.6. The van der Waals surface area contributed by atoms with Crippen molar-refractivity contribution in [2.24, 2.45) is 5.73 Å². The highest BCUT2D eigenvalue weighted by Crippen LogP contribution is 2.26. The van der Waals surface area contributed by atoms with Crippen LogP contribution in [-0.4, -0.2) is 51.0 Å². The van der Waals surface area contributed by atoms with Gasteiger partial charge in [0, 0.05) is 42.6 Å². The van der Waals surface area contributed by atoms with E-state index in [1.807, 2.05) is 25.2 Å². The van der Waals surface area contributed by atoms with Crippen molar-refractivity contribution in [3.8, 4) is 0 Å². The molecule has 2 N–H and O–H groups in total. The van der Waals surface area contributed by atoms with Gasteiger partial charge >= 0.3 is 0 Å². The molecule has 0 amide bonds. The van der Waals surface area contributed by atoms with Crippen LogP contribution in [0.15, 0.2) is 12.1 Å². The van der Waals surface area contributed by atoms with Gasteiger partial charge in [0.2, 0.25) is 0 Å². The van der Waals surface area contributed by atoms with Gasteiger partial charge < -0.3 is 15.2 Å². The first-order chi connectivity index (χ1) is 9.72. The van der Waals surface area contributed by atoms with E-state index in [0.717, 1.165) is 39.5 Å². The third-order valence-corrected chi connectivity index (χ3v) is 4.31. The van der Waals surface area contributed by atoms with Crippen LogP contribution in [0.4, 0.5) is 0 Å². The van der Waals surface area contributed by atoms with Crippen molar-refractivity contribution in [3.63, 3.8) is 0 Å². The number of rotatable bonds is 11. The maximum Gasteiger partial charge on any atom is 0.0593 e. The van der Waals surface area contributed by atoms with Gasteiger partial charge in [-0.05, 0) is 32.9 Å². The van der Waals surface area contributed by atoms with Crippen LogP contribution in [0.25, 0.3) is 0 Å². The summed E-state index contributed by atoms with van der Waals surface area (Å²) < 4.78 is 11.0. The lowest BCUT2D eigenvalue weighted by molar-refractivity contribution is 0.0647. The van der Waals surface area contributed by atoms with E-state index in [1.54, 1.807) is 0 Å². The number of nitrogens with zero attached hydrogens (tertiary/aromatic N) is 1. The fourth-order valence-electron chi connectivity index (χ4n) is 2.15.